The molecule has 1 aliphatic heterocycles. The van der Waals surface area contributed by atoms with Crippen LogP contribution in [-0.2, 0) is 15.1 Å². The number of carbonyl (C=O) groups excluding carboxylic acids is 3. The predicted octanol–water partition coefficient (Wildman–Crippen LogP) is 3.55. The smallest absolute Gasteiger partial charge is 0.325 e. The molecule has 2 aliphatic carbocycles. The average molecular weight is 420 g/mol. The molecule has 1 heterocycles. The molecule has 0 unspecified atom stereocenters. The number of amides is 4. The number of hydrogen-bond acceptors (Lipinski definition) is 3. The minimum absolute atomic E-state index is 0.0652. The van der Waals surface area contributed by atoms with Crippen LogP contribution in [0.2, 0.25) is 0 Å². The van der Waals surface area contributed by atoms with Gasteiger partial charge in [0.25, 0.3) is 5.91 Å². The van der Waals surface area contributed by atoms with Crippen molar-refractivity contribution in [2.45, 2.75) is 51.1 Å². The van der Waals surface area contributed by atoms with E-state index in [1.807, 2.05) is 49.4 Å². The molecule has 1 saturated heterocycles. The molecule has 6 heteroatoms. The second-order valence-electron chi connectivity index (χ2n) is 9.70. The van der Waals surface area contributed by atoms with Crippen LogP contribution >= 0.6 is 0 Å². The van der Waals surface area contributed by atoms with Crippen molar-refractivity contribution in [3.8, 4) is 0 Å². The molecule has 2 bridgehead atoms. The van der Waals surface area contributed by atoms with E-state index < -0.39 is 17.5 Å². The van der Waals surface area contributed by atoms with E-state index in [9.17, 15) is 14.4 Å². The molecule has 0 spiro atoms. The van der Waals surface area contributed by atoms with Crippen molar-refractivity contribution >= 4 is 28.6 Å². The first kappa shape index (κ1) is 20.0. The Labute approximate surface area is 182 Å². The van der Waals surface area contributed by atoms with Crippen LogP contribution in [0.15, 0.2) is 42.5 Å². The van der Waals surface area contributed by atoms with Crippen LogP contribution in [0, 0.1) is 17.8 Å². The minimum atomic E-state index is -1.18. The zero-order valence-electron chi connectivity index (χ0n) is 18.1. The van der Waals surface area contributed by atoms with Gasteiger partial charge in [0.1, 0.15) is 12.1 Å². The van der Waals surface area contributed by atoms with E-state index in [-0.39, 0.29) is 18.5 Å². The molecular formula is C25H29N3O3. The molecule has 4 amide bonds. The van der Waals surface area contributed by atoms with E-state index in [0.717, 1.165) is 21.6 Å². The van der Waals surface area contributed by atoms with Gasteiger partial charge in [0.2, 0.25) is 5.91 Å². The fourth-order valence-electron chi connectivity index (χ4n) is 5.99. The lowest BCUT2D eigenvalue weighted by Gasteiger charge is -2.29. The molecule has 31 heavy (non-hydrogen) atoms. The first-order valence-electron chi connectivity index (χ1n) is 11.3. The number of urea groups is 1. The quantitative estimate of drug-likeness (QED) is 0.728. The Bertz CT molecular complexity index is 1070. The van der Waals surface area contributed by atoms with Crippen LogP contribution in [0.1, 0.15) is 45.1 Å². The van der Waals surface area contributed by atoms with Gasteiger partial charge in [0, 0.05) is 6.04 Å². The van der Waals surface area contributed by atoms with Crippen LogP contribution in [0.4, 0.5) is 4.79 Å². The van der Waals surface area contributed by atoms with E-state index in [0.29, 0.717) is 17.4 Å². The summed E-state index contributed by atoms with van der Waals surface area (Å²) in [5.74, 6) is 1.35. The van der Waals surface area contributed by atoms with E-state index >= 15 is 0 Å². The van der Waals surface area contributed by atoms with Crippen molar-refractivity contribution in [1.82, 2.24) is 15.5 Å². The number of imide groups is 1. The van der Waals surface area contributed by atoms with Crippen molar-refractivity contribution < 1.29 is 14.4 Å². The van der Waals surface area contributed by atoms with Crippen molar-refractivity contribution in [1.29, 1.82) is 0 Å². The van der Waals surface area contributed by atoms with E-state index in [1.165, 1.54) is 25.7 Å². The van der Waals surface area contributed by atoms with Crippen molar-refractivity contribution in [2.75, 3.05) is 6.54 Å². The molecular weight excluding hydrogens is 390 g/mol. The maximum absolute atomic E-state index is 13.2. The minimum Gasteiger partial charge on any atom is -0.352 e. The van der Waals surface area contributed by atoms with Crippen molar-refractivity contribution in [3.63, 3.8) is 0 Å². The summed E-state index contributed by atoms with van der Waals surface area (Å²) in [6, 6.07) is 13.2. The maximum Gasteiger partial charge on any atom is 0.325 e. The van der Waals surface area contributed by atoms with Gasteiger partial charge in [-0.3, -0.25) is 14.5 Å². The molecule has 0 radical (unpaired) electrons. The van der Waals surface area contributed by atoms with Gasteiger partial charge in [-0.2, -0.15) is 0 Å². The summed E-state index contributed by atoms with van der Waals surface area (Å²) in [5, 5.41) is 7.92. The van der Waals surface area contributed by atoms with Gasteiger partial charge in [-0.15, -0.1) is 0 Å². The first-order valence-corrected chi connectivity index (χ1v) is 11.3. The lowest BCUT2D eigenvalue weighted by molar-refractivity contribution is -0.135. The first-order chi connectivity index (χ1) is 14.8. The van der Waals surface area contributed by atoms with Gasteiger partial charge in [0.05, 0.1) is 0 Å². The fourth-order valence-corrected chi connectivity index (χ4v) is 5.99. The predicted molar refractivity (Wildman–Crippen MR) is 118 cm³/mol. The normalized spacial score (nSPS) is 30.6. The van der Waals surface area contributed by atoms with Gasteiger partial charge < -0.3 is 10.6 Å². The summed E-state index contributed by atoms with van der Waals surface area (Å²) in [4.78, 5) is 39.6. The number of carbonyl (C=O) groups is 3. The van der Waals surface area contributed by atoms with Crippen molar-refractivity contribution in [3.05, 3.63) is 48.0 Å². The lowest BCUT2D eigenvalue weighted by atomic mass is 9.84. The summed E-state index contributed by atoms with van der Waals surface area (Å²) < 4.78 is 0. The van der Waals surface area contributed by atoms with Crippen LogP contribution in [-0.4, -0.2) is 35.3 Å². The average Bonchev–Trinajstić information content (AvgIpc) is 3.45. The van der Waals surface area contributed by atoms with Crippen molar-refractivity contribution in [2.24, 2.45) is 17.8 Å². The Kier molecular flexibility index (Phi) is 4.76. The molecule has 3 fully saturated rings. The fraction of sp³-hybridized carbons (Fsp3) is 0.480. The van der Waals surface area contributed by atoms with Gasteiger partial charge in [-0.25, -0.2) is 4.79 Å². The highest BCUT2D eigenvalue weighted by atomic mass is 16.2. The summed E-state index contributed by atoms with van der Waals surface area (Å²) in [7, 11) is 0. The van der Waals surface area contributed by atoms with Crippen LogP contribution in [0.3, 0.4) is 0 Å². The molecule has 6 nitrogen and oxygen atoms in total. The standard InChI is InChI=1S/C25H29N3O3/c1-15(21-12-16-7-8-19(21)11-16)26-22(29)14-28-23(30)25(2,27-24(28)31)20-10-9-17-5-3-4-6-18(17)13-20/h3-6,9-10,13,15-16,19,21H,7-8,11-12,14H2,1-2H3,(H,26,29)(H,27,31)/t15-,16+,19+,21-,25+/m0/s1. The van der Waals surface area contributed by atoms with Gasteiger partial charge in [-0.05, 0) is 73.3 Å². The number of rotatable bonds is 5. The molecule has 2 aromatic rings. The van der Waals surface area contributed by atoms with E-state index in [4.69, 9.17) is 0 Å². The number of hydrogen-bond donors (Lipinski definition) is 2. The monoisotopic (exact) mass is 419 g/mol. The molecule has 2 saturated carbocycles. The Morgan fingerprint density at radius 1 is 1.16 bits per heavy atom. The van der Waals surface area contributed by atoms with Gasteiger partial charge in [0.15, 0.2) is 0 Å². The third-order valence-corrected chi connectivity index (χ3v) is 7.73. The zero-order valence-corrected chi connectivity index (χ0v) is 18.1. The summed E-state index contributed by atoms with van der Waals surface area (Å²) >= 11 is 0. The Hall–Kier alpha value is -2.89. The van der Waals surface area contributed by atoms with Gasteiger partial charge in [-0.1, -0.05) is 42.8 Å². The Morgan fingerprint density at radius 2 is 1.94 bits per heavy atom. The third kappa shape index (κ3) is 3.38. The third-order valence-electron chi connectivity index (χ3n) is 7.73. The lowest BCUT2D eigenvalue weighted by Crippen LogP contribution is -2.47. The maximum atomic E-state index is 13.2. The molecule has 5 atom stereocenters. The number of nitrogens with one attached hydrogen (secondary N) is 2. The topological polar surface area (TPSA) is 78.5 Å². The van der Waals surface area contributed by atoms with E-state index in [1.54, 1.807) is 6.92 Å². The number of nitrogens with zero attached hydrogens (tertiary/aromatic N) is 1. The Balaban J connectivity index is 1.28. The number of benzene rings is 2. The highest BCUT2D eigenvalue weighted by Gasteiger charge is 2.50. The van der Waals surface area contributed by atoms with E-state index in [2.05, 4.69) is 10.6 Å². The zero-order chi connectivity index (χ0) is 21.8. The molecule has 5 rings (SSSR count). The highest BCUT2D eigenvalue weighted by Crippen LogP contribution is 2.49. The van der Waals surface area contributed by atoms with Crippen LogP contribution in [0.25, 0.3) is 10.8 Å². The summed E-state index contributed by atoms with van der Waals surface area (Å²) in [5.41, 5.74) is -0.472. The molecule has 2 N–H and O–H groups in total. The molecule has 162 valence electrons. The molecule has 2 aromatic carbocycles. The Morgan fingerprint density at radius 3 is 2.65 bits per heavy atom. The van der Waals surface area contributed by atoms with Gasteiger partial charge >= 0.3 is 6.03 Å². The van der Waals surface area contributed by atoms with Crippen LogP contribution < -0.4 is 10.6 Å². The second-order valence-corrected chi connectivity index (χ2v) is 9.70. The molecule has 0 aromatic heterocycles. The number of fused-ring (bicyclic) bond motifs is 3. The molecule has 3 aliphatic rings. The SMILES string of the molecule is C[C@H](NC(=O)CN1C(=O)N[C@](C)(c2ccc3ccccc3c2)C1=O)[C@@H]1C[C@@H]2CC[C@@H]1C2. The second kappa shape index (κ2) is 7.36. The largest absolute Gasteiger partial charge is 0.352 e. The summed E-state index contributed by atoms with van der Waals surface area (Å²) in [6.45, 7) is 3.50. The van der Waals surface area contributed by atoms with Crippen LogP contribution in [0.5, 0.6) is 0 Å². The highest BCUT2D eigenvalue weighted by molar-refractivity contribution is 6.09. The summed E-state index contributed by atoms with van der Waals surface area (Å²) in [6.07, 6.45) is 5.03.